The highest BCUT2D eigenvalue weighted by Crippen LogP contribution is 2.17. The first-order valence-corrected chi connectivity index (χ1v) is 7.41. The van der Waals surface area contributed by atoms with Crippen LogP contribution < -0.4 is 10.6 Å². The molecule has 5 heteroatoms. The first-order chi connectivity index (χ1) is 9.56. The zero-order valence-electron chi connectivity index (χ0n) is 13.1. The second kappa shape index (κ2) is 8.37. The van der Waals surface area contributed by atoms with E-state index in [1.54, 1.807) is 0 Å². The molecule has 21 heavy (non-hydrogen) atoms. The van der Waals surface area contributed by atoms with Crippen LogP contribution in [0.2, 0.25) is 0 Å². The smallest absolute Gasteiger partial charge is 0.238 e. The quantitative estimate of drug-likeness (QED) is 0.898. The number of carbonyl (C=O) groups excluding carboxylic acids is 1. The molecule has 1 amide bonds. The number of benzene rings is 1. The first-order valence-electron chi connectivity index (χ1n) is 7.41. The van der Waals surface area contributed by atoms with E-state index in [1.807, 2.05) is 12.1 Å². The molecule has 0 aromatic heterocycles. The van der Waals surface area contributed by atoms with Crippen molar-refractivity contribution in [1.29, 1.82) is 0 Å². The van der Waals surface area contributed by atoms with Gasteiger partial charge in [0.05, 0.1) is 6.54 Å². The van der Waals surface area contributed by atoms with Crippen molar-refractivity contribution in [2.75, 3.05) is 31.5 Å². The van der Waals surface area contributed by atoms with Crippen LogP contribution in [0.3, 0.4) is 0 Å². The van der Waals surface area contributed by atoms with Crippen LogP contribution in [0.5, 0.6) is 0 Å². The molecule has 2 rings (SSSR count). The molecule has 1 fully saturated rings. The van der Waals surface area contributed by atoms with Crippen LogP contribution >= 0.6 is 12.4 Å². The Bertz CT molecular complexity index is 447. The Morgan fingerprint density at radius 3 is 2.62 bits per heavy atom. The molecule has 1 aliphatic rings. The Kier molecular flexibility index (Phi) is 7.15. The lowest BCUT2D eigenvalue weighted by atomic mass is 10.0. The van der Waals surface area contributed by atoms with Gasteiger partial charge >= 0.3 is 0 Å². The van der Waals surface area contributed by atoms with E-state index < -0.39 is 0 Å². The van der Waals surface area contributed by atoms with Gasteiger partial charge in [0.25, 0.3) is 0 Å². The molecule has 4 nitrogen and oxygen atoms in total. The summed E-state index contributed by atoms with van der Waals surface area (Å²) in [7, 11) is 0. The van der Waals surface area contributed by atoms with E-state index in [1.165, 1.54) is 5.56 Å². The summed E-state index contributed by atoms with van der Waals surface area (Å²) in [6.45, 7) is 9.79. The molecule has 0 radical (unpaired) electrons. The average molecular weight is 312 g/mol. The van der Waals surface area contributed by atoms with Crippen molar-refractivity contribution >= 4 is 24.0 Å². The van der Waals surface area contributed by atoms with Crippen LogP contribution in [0.1, 0.15) is 32.3 Å². The number of rotatable bonds is 4. The lowest BCUT2D eigenvalue weighted by molar-refractivity contribution is -0.118. The molecule has 0 bridgehead atoms. The molecule has 1 aliphatic heterocycles. The summed E-state index contributed by atoms with van der Waals surface area (Å²) in [5.41, 5.74) is 2.17. The third-order valence-corrected chi connectivity index (χ3v) is 3.85. The van der Waals surface area contributed by atoms with Gasteiger partial charge < -0.3 is 10.6 Å². The molecule has 0 spiro atoms. The molecule has 1 aromatic carbocycles. The number of halogens is 1. The highest BCUT2D eigenvalue weighted by molar-refractivity contribution is 5.92. The van der Waals surface area contributed by atoms with Crippen molar-refractivity contribution in [3.8, 4) is 0 Å². The number of carbonyl (C=O) groups is 1. The number of hydrogen-bond acceptors (Lipinski definition) is 3. The average Bonchev–Trinajstić information content (AvgIpc) is 2.42. The van der Waals surface area contributed by atoms with Gasteiger partial charge in [-0.05, 0) is 30.5 Å². The van der Waals surface area contributed by atoms with Crippen LogP contribution in [0.25, 0.3) is 0 Å². The minimum Gasteiger partial charge on any atom is -0.325 e. The van der Waals surface area contributed by atoms with E-state index in [2.05, 4.69) is 48.4 Å². The molecule has 0 saturated carbocycles. The minimum absolute atomic E-state index is 0. The monoisotopic (exact) mass is 311 g/mol. The van der Waals surface area contributed by atoms with E-state index in [4.69, 9.17) is 0 Å². The summed E-state index contributed by atoms with van der Waals surface area (Å²) in [4.78, 5) is 14.3. The van der Waals surface area contributed by atoms with E-state index in [0.29, 0.717) is 18.5 Å². The Morgan fingerprint density at radius 1 is 1.38 bits per heavy atom. The van der Waals surface area contributed by atoms with Crippen molar-refractivity contribution < 1.29 is 4.79 Å². The van der Waals surface area contributed by atoms with Crippen LogP contribution in [-0.4, -0.2) is 43.0 Å². The largest absolute Gasteiger partial charge is 0.325 e. The number of piperazine rings is 1. The Labute approximate surface area is 133 Å². The van der Waals surface area contributed by atoms with Crippen molar-refractivity contribution in [1.82, 2.24) is 10.2 Å². The van der Waals surface area contributed by atoms with Crippen molar-refractivity contribution in [2.24, 2.45) is 0 Å². The second-order valence-corrected chi connectivity index (χ2v) is 5.85. The number of nitrogens with one attached hydrogen (secondary N) is 2. The third-order valence-electron chi connectivity index (χ3n) is 3.85. The Hall–Kier alpha value is -1.10. The maximum atomic E-state index is 12.1. The number of nitrogens with zero attached hydrogens (tertiary/aromatic N) is 1. The van der Waals surface area contributed by atoms with Gasteiger partial charge in [0.1, 0.15) is 0 Å². The van der Waals surface area contributed by atoms with Gasteiger partial charge in [-0.1, -0.05) is 26.0 Å². The summed E-state index contributed by atoms with van der Waals surface area (Å²) in [6, 6.07) is 8.53. The zero-order valence-corrected chi connectivity index (χ0v) is 13.9. The van der Waals surface area contributed by atoms with Gasteiger partial charge in [0.15, 0.2) is 0 Å². The second-order valence-electron chi connectivity index (χ2n) is 5.85. The highest BCUT2D eigenvalue weighted by atomic mass is 35.5. The molecule has 1 atom stereocenters. The molecule has 0 aliphatic carbocycles. The van der Waals surface area contributed by atoms with E-state index in [-0.39, 0.29) is 18.3 Å². The summed E-state index contributed by atoms with van der Waals surface area (Å²) < 4.78 is 0. The van der Waals surface area contributed by atoms with E-state index in [9.17, 15) is 4.79 Å². The van der Waals surface area contributed by atoms with Crippen LogP contribution in [0.4, 0.5) is 5.69 Å². The summed E-state index contributed by atoms with van der Waals surface area (Å²) in [6.07, 6.45) is 0. The van der Waals surface area contributed by atoms with E-state index in [0.717, 1.165) is 25.3 Å². The topological polar surface area (TPSA) is 44.4 Å². The molecule has 1 heterocycles. The SMILES string of the molecule is CC(C)c1ccc(NC(=O)CN2CCNC[C@H]2C)cc1.Cl. The van der Waals surface area contributed by atoms with Crippen LogP contribution in [0.15, 0.2) is 24.3 Å². The van der Waals surface area contributed by atoms with Crippen molar-refractivity contribution in [3.05, 3.63) is 29.8 Å². The van der Waals surface area contributed by atoms with Crippen molar-refractivity contribution in [2.45, 2.75) is 32.7 Å². The number of amides is 1. The van der Waals surface area contributed by atoms with Crippen LogP contribution in [0, 0.1) is 0 Å². The fraction of sp³-hybridized carbons (Fsp3) is 0.562. The van der Waals surface area contributed by atoms with Gasteiger partial charge in [-0.2, -0.15) is 0 Å². The summed E-state index contributed by atoms with van der Waals surface area (Å²) >= 11 is 0. The molecule has 2 N–H and O–H groups in total. The fourth-order valence-electron chi connectivity index (χ4n) is 2.45. The predicted octanol–water partition coefficient (Wildman–Crippen LogP) is 2.46. The minimum atomic E-state index is 0. The number of hydrogen-bond donors (Lipinski definition) is 2. The van der Waals surface area contributed by atoms with Gasteiger partial charge in [-0.15, -0.1) is 12.4 Å². The van der Waals surface area contributed by atoms with Gasteiger partial charge in [-0.25, -0.2) is 0 Å². The number of anilines is 1. The summed E-state index contributed by atoms with van der Waals surface area (Å²) in [5, 5.41) is 6.31. The maximum Gasteiger partial charge on any atom is 0.238 e. The standard InChI is InChI=1S/C16H25N3O.ClH/c1-12(2)14-4-6-15(7-5-14)18-16(20)11-19-9-8-17-10-13(19)3;/h4-7,12-13,17H,8-11H2,1-3H3,(H,18,20);1H/t13-;/m1./s1. The van der Waals surface area contributed by atoms with Crippen molar-refractivity contribution in [3.63, 3.8) is 0 Å². The van der Waals surface area contributed by atoms with Crippen LogP contribution in [-0.2, 0) is 4.79 Å². The van der Waals surface area contributed by atoms with Gasteiger partial charge in [-0.3, -0.25) is 9.69 Å². The lowest BCUT2D eigenvalue weighted by Crippen LogP contribution is -2.51. The maximum absolute atomic E-state index is 12.1. The van der Waals surface area contributed by atoms with Gasteiger partial charge in [0, 0.05) is 31.4 Å². The molecular weight excluding hydrogens is 286 g/mol. The molecular formula is C16H26ClN3O. The summed E-state index contributed by atoms with van der Waals surface area (Å²) in [5.74, 6) is 0.581. The van der Waals surface area contributed by atoms with E-state index >= 15 is 0 Å². The molecule has 0 unspecified atom stereocenters. The fourth-order valence-corrected chi connectivity index (χ4v) is 2.45. The van der Waals surface area contributed by atoms with Gasteiger partial charge in [0.2, 0.25) is 5.91 Å². The molecule has 1 aromatic rings. The molecule has 118 valence electrons. The predicted molar refractivity (Wildman–Crippen MR) is 90.3 cm³/mol. The Balaban J connectivity index is 0.00000220. The first kappa shape index (κ1) is 18.0. The lowest BCUT2D eigenvalue weighted by Gasteiger charge is -2.33. The zero-order chi connectivity index (χ0) is 14.5. The normalized spacial score (nSPS) is 19.1. The Morgan fingerprint density at radius 2 is 2.05 bits per heavy atom. The molecule has 1 saturated heterocycles. The third kappa shape index (κ3) is 5.30. The highest BCUT2D eigenvalue weighted by Gasteiger charge is 2.20.